The Hall–Kier alpha value is -1.25. The summed E-state index contributed by atoms with van der Waals surface area (Å²) >= 11 is 1.59. The summed E-state index contributed by atoms with van der Waals surface area (Å²) in [5, 5.41) is 3.94. The number of hydrogen-bond acceptors (Lipinski definition) is 5. The van der Waals surface area contributed by atoms with Crippen LogP contribution in [0.3, 0.4) is 0 Å². The minimum Gasteiger partial charge on any atom is -0.273 e. The van der Waals surface area contributed by atoms with Crippen molar-refractivity contribution in [3.63, 3.8) is 0 Å². The van der Waals surface area contributed by atoms with Crippen molar-refractivity contribution < 1.29 is 13.2 Å². The summed E-state index contributed by atoms with van der Waals surface area (Å²) in [7, 11) is -3.24. The number of thiophene rings is 1. The van der Waals surface area contributed by atoms with Crippen molar-refractivity contribution in [2.45, 2.75) is 19.8 Å². The highest BCUT2D eigenvalue weighted by Crippen LogP contribution is 2.18. The molecule has 1 N–H and O–H groups in total. The molecule has 0 saturated carbocycles. The van der Waals surface area contributed by atoms with E-state index in [9.17, 15) is 13.2 Å². The van der Waals surface area contributed by atoms with Crippen LogP contribution in [0.2, 0.25) is 0 Å². The highest BCUT2D eigenvalue weighted by Gasteiger charge is 2.29. The van der Waals surface area contributed by atoms with E-state index in [0.717, 1.165) is 4.88 Å². The molecular weight excluding hydrogens is 310 g/mol. The minimum absolute atomic E-state index is 0.229. The van der Waals surface area contributed by atoms with E-state index in [0.29, 0.717) is 19.4 Å². The number of aryl methyl sites for hydroxylation is 1. The summed E-state index contributed by atoms with van der Waals surface area (Å²) in [5.41, 5.74) is 2.50. The zero-order valence-electron chi connectivity index (χ0n) is 12.1. The third kappa shape index (κ3) is 4.62. The van der Waals surface area contributed by atoms with Crippen molar-refractivity contribution in [2.24, 2.45) is 11.0 Å². The molecule has 1 unspecified atom stereocenters. The molecular formula is C13H19N3O3S2. The summed E-state index contributed by atoms with van der Waals surface area (Å²) in [5.74, 6) is -0.566. The van der Waals surface area contributed by atoms with Gasteiger partial charge >= 0.3 is 0 Å². The molecule has 0 spiro atoms. The summed E-state index contributed by atoms with van der Waals surface area (Å²) in [6, 6.07) is 3.92. The molecule has 0 aromatic carbocycles. The standard InChI is InChI=1S/C13H19N3O3S2/c1-10-5-6-12(20-10)8-14-15-13(17)11-4-3-7-16(9-11)21(2,18)19/h5-6,8,11H,3-4,7,9H2,1-2H3,(H,15,17)/b14-8+. The van der Waals surface area contributed by atoms with Gasteiger partial charge in [0.2, 0.25) is 15.9 Å². The number of sulfonamides is 1. The third-order valence-electron chi connectivity index (χ3n) is 3.35. The molecule has 0 bridgehead atoms. The van der Waals surface area contributed by atoms with Gasteiger partial charge in [0.15, 0.2) is 0 Å². The van der Waals surface area contributed by atoms with E-state index in [1.807, 2.05) is 19.1 Å². The van der Waals surface area contributed by atoms with Crippen molar-refractivity contribution in [3.8, 4) is 0 Å². The van der Waals surface area contributed by atoms with Crippen LogP contribution in [0.25, 0.3) is 0 Å². The fourth-order valence-corrected chi connectivity index (χ4v) is 3.89. The Bertz CT molecular complexity index is 637. The van der Waals surface area contributed by atoms with E-state index in [1.54, 1.807) is 17.6 Å². The Morgan fingerprint density at radius 1 is 1.52 bits per heavy atom. The molecule has 0 aliphatic carbocycles. The van der Waals surface area contributed by atoms with Gasteiger partial charge in [-0.05, 0) is 31.9 Å². The summed E-state index contributed by atoms with van der Waals surface area (Å²) in [6.07, 6.45) is 4.15. The predicted octanol–water partition coefficient (Wildman–Crippen LogP) is 1.18. The molecule has 0 radical (unpaired) electrons. The maximum atomic E-state index is 12.0. The van der Waals surface area contributed by atoms with Crippen LogP contribution in [0.1, 0.15) is 22.6 Å². The normalized spacial score (nSPS) is 20.8. The van der Waals surface area contributed by atoms with Crippen molar-refractivity contribution in [1.82, 2.24) is 9.73 Å². The Morgan fingerprint density at radius 2 is 2.29 bits per heavy atom. The molecule has 21 heavy (non-hydrogen) atoms. The van der Waals surface area contributed by atoms with E-state index < -0.39 is 10.0 Å². The second-order valence-electron chi connectivity index (χ2n) is 5.14. The highest BCUT2D eigenvalue weighted by molar-refractivity contribution is 7.88. The van der Waals surface area contributed by atoms with Crippen molar-refractivity contribution in [3.05, 3.63) is 21.9 Å². The predicted molar refractivity (Wildman–Crippen MR) is 83.9 cm³/mol. The number of rotatable bonds is 4. The average molecular weight is 329 g/mol. The molecule has 1 aromatic rings. The lowest BCUT2D eigenvalue weighted by Gasteiger charge is -2.29. The van der Waals surface area contributed by atoms with Crippen LogP contribution in [0.4, 0.5) is 0 Å². The van der Waals surface area contributed by atoms with Crippen molar-refractivity contribution >= 4 is 33.5 Å². The lowest BCUT2D eigenvalue weighted by molar-refractivity contribution is -0.126. The molecule has 1 aromatic heterocycles. The molecule has 116 valence electrons. The first kappa shape index (κ1) is 16.1. The van der Waals surface area contributed by atoms with Gasteiger partial charge in [0.25, 0.3) is 0 Å². The van der Waals surface area contributed by atoms with Gasteiger partial charge in [-0.2, -0.15) is 5.10 Å². The molecule has 8 heteroatoms. The van der Waals surface area contributed by atoms with Crippen molar-refractivity contribution in [2.75, 3.05) is 19.3 Å². The number of nitrogens with zero attached hydrogens (tertiary/aromatic N) is 2. The maximum absolute atomic E-state index is 12.0. The van der Waals surface area contributed by atoms with Crippen molar-refractivity contribution in [1.29, 1.82) is 0 Å². The number of nitrogens with one attached hydrogen (secondary N) is 1. The van der Waals surface area contributed by atoms with Gasteiger partial charge < -0.3 is 0 Å². The monoisotopic (exact) mass is 329 g/mol. The van der Waals surface area contributed by atoms with Crippen LogP contribution in [0.15, 0.2) is 17.2 Å². The zero-order chi connectivity index (χ0) is 15.5. The number of hydrazone groups is 1. The Kier molecular flexibility index (Phi) is 5.13. The molecule has 1 aliphatic heterocycles. The first-order valence-electron chi connectivity index (χ1n) is 6.71. The topological polar surface area (TPSA) is 78.8 Å². The third-order valence-corrected chi connectivity index (χ3v) is 5.56. The van der Waals surface area contributed by atoms with E-state index in [-0.39, 0.29) is 18.4 Å². The molecule has 2 rings (SSSR count). The van der Waals surface area contributed by atoms with Crippen LogP contribution in [-0.4, -0.2) is 44.2 Å². The number of carbonyl (C=O) groups excluding carboxylic acids is 1. The molecule has 1 fully saturated rings. The zero-order valence-corrected chi connectivity index (χ0v) is 13.7. The number of piperidine rings is 1. The van der Waals surface area contributed by atoms with Gasteiger partial charge in [-0.3, -0.25) is 4.79 Å². The fraction of sp³-hybridized carbons (Fsp3) is 0.538. The Balaban J connectivity index is 1.89. The second-order valence-corrected chi connectivity index (χ2v) is 8.44. The smallest absolute Gasteiger partial charge is 0.244 e. The van der Waals surface area contributed by atoms with Gasteiger partial charge in [-0.1, -0.05) is 0 Å². The Labute approximate surface area is 128 Å². The van der Waals surface area contributed by atoms with E-state index >= 15 is 0 Å². The number of hydrogen-bond donors (Lipinski definition) is 1. The van der Waals surface area contributed by atoms with Gasteiger partial charge in [0.05, 0.1) is 18.4 Å². The first-order chi connectivity index (χ1) is 9.86. The van der Waals surface area contributed by atoms with Gasteiger partial charge in [-0.15, -0.1) is 11.3 Å². The molecule has 1 aliphatic rings. The highest BCUT2D eigenvalue weighted by atomic mass is 32.2. The summed E-state index contributed by atoms with van der Waals surface area (Å²) in [6.45, 7) is 2.72. The molecule has 2 heterocycles. The molecule has 6 nitrogen and oxygen atoms in total. The quantitative estimate of drug-likeness (QED) is 0.665. The van der Waals surface area contributed by atoms with Gasteiger partial charge in [-0.25, -0.2) is 18.1 Å². The Morgan fingerprint density at radius 3 is 2.90 bits per heavy atom. The van der Waals surface area contributed by atoms with E-state index in [4.69, 9.17) is 0 Å². The maximum Gasteiger partial charge on any atom is 0.244 e. The van der Waals surface area contributed by atoms with Crippen LogP contribution in [0.5, 0.6) is 0 Å². The van der Waals surface area contributed by atoms with Crippen LogP contribution < -0.4 is 5.43 Å². The van der Waals surface area contributed by atoms with Crippen LogP contribution in [0, 0.1) is 12.8 Å². The van der Waals surface area contributed by atoms with E-state index in [1.165, 1.54) is 15.4 Å². The number of amides is 1. The second kappa shape index (κ2) is 6.67. The SMILES string of the molecule is Cc1ccc(/C=N/NC(=O)C2CCCN(S(C)(=O)=O)C2)s1. The molecule has 1 atom stereocenters. The summed E-state index contributed by atoms with van der Waals surface area (Å²) < 4.78 is 24.4. The van der Waals surface area contributed by atoms with Gasteiger partial charge in [0, 0.05) is 22.8 Å². The molecule has 1 saturated heterocycles. The van der Waals surface area contributed by atoms with Gasteiger partial charge in [0.1, 0.15) is 0 Å². The number of carbonyl (C=O) groups is 1. The average Bonchev–Trinajstić information content (AvgIpc) is 2.83. The largest absolute Gasteiger partial charge is 0.273 e. The lowest BCUT2D eigenvalue weighted by atomic mass is 9.99. The first-order valence-corrected chi connectivity index (χ1v) is 9.37. The van der Waals surface area contributed by atoms with E-state index in [2.05, 4.69) is 10.5 Å². The summed E-state index contributed by atoms with van der Waals surface area (Å²) in [4.78, 5) is 14.2. The molecule has 1 amide bonds. The minimum atomic E-state index is -3.24. The fourth-order valence-electron chi connectivity index (χ4n) is 2.23. The van der Waals surface area contributed by atoms with Crippen LogP contribution in [-0.2, 0) is 14.8 Å². The van der Waals surface area contributed by atoms with Crippen LogP contribution >= 0.6 is 11.3 Å². The lowest BCUT2D eigenvalue weighted by Crippen LogP contribution is -2.44.